The summed E-state index contributed by atoms with van der Waals surface area (Å²) >= 11 is 5.99. The number of rotatable bonds is 7. The summed E-state index contributed by atoms with van der Waals surface area (Å²) in [5.41, 5.74) is 0. The molecule has 0 saturated heterocycles. The van der Waals surface area contributed by atoms with E-state index in [-0.39, 0.29) is 16.0 Å². The van der Waals surface area contributed by atoms with E-state index in [1.165, 1.54) is 25.1 Å². The molecule has 0 bridgehead atoms. The molecular formula is C14H21ClN2O4S. The highest BCUT2D eigenvalue weighted by atomic mass is 35.5. The number of hydrogen-bond donors (Lipinski definition) is 2. The summed E-state index contributed by atoms with van der Waals surface area (Å²) in [5.74, 6) is 0.0179. The number of benzene rings is 1. The van der Waals surface area contributed by atoms with Crippen molar-refractivity contribution in [3.8, 4) is 5.75 Å². The molecule has 0 unspecified atom stereocenters. The third-order valence-electron chi connectivity index (χ3n) is 2.67. The third-order valence-corrected chi connectivity index (χ3v) is 4.50. The van der Waals surface area contributed by atoms with Crippen molar-refractivity contribution < 1.29 is 17.9 Å². The van der Waals surface area contributed by atoms with Gasteiger partial charge in [0.15, 0.2) is 0 Å². The molecule has 0 aliphatic heterocycles. The number of sulfonamides is 1. The predicted octanol–water partition coefficient (Wildman–Crippen LogP) is 1.93. The van der Waals surface area contributed by atoms with Crippen molar-refractivity contribution in [2.24, 2.45) is 0 Å². The fourth-order valence-corrected chi connectivity index (χ4v) is 3.21. The molecule has 8 heteroatoms. The van der Waals surface area contributed by atoms with Crippen LogP contribution in [0.1, 0.15) is 27.7 Å². The molecule has 0 fully saturated rings. The van der Waals surface area contributed by atoms with E-state index in [9.17, 15) is 13.2 Å². The van der Waals surface area contributed by atoms with Gasteiger partial charge in [-0.25, -0.2) is 8.42 Å². The minimum Gasteiger partial charge on any atom is -0.492 e. The van der Waals surface area contributed by atoms with Crippen LogP contribution in [-0.4, -0.2) is 33.0 Å². The summed E-state index contributed by atoms with van der Waals surface area (Å²) in [6, 6.07) is 3.20. The molecule has 1 rings (SSSR count). The molecule has 2 N–H and O–H groups in total. The predicted molar refractivity (Wildman–Crippen MR) is 85.7 cm³/mol. The zero-order chi connectivity index (χ0) is 16.9. The van der Waals surface area contributed by atoms with Gasteiger partial charge in [-0.15, -0.1) is 0 Å². The molecule has 0 aliphatic carbocycles. The number of halogens is 1. The van der Waals surface area contributed by atoms with Gasteiger partial charge in [0.2, 0.25) is 15.9 Å². The maximum atomic E-state index is 12.3. The second-order valence-corrected chi connectivity index (χ2v) is 7.15. The summed E-state index contributed by atoms with van der Waals surface area (Å²) in [6.45, 7) is 7.30. The van der Waals surface area contributed by atoms with Crippen LogP contribution in [0.3, 0.4) is 0 Å². The van der Waals surface area contributed by atoms with Gasteiger partial charge < -0.3 is 10.1 Å². The van der Waals surface area contributed by atoms with E-state index in [2.05, 4.69) is 10.0 Å². The second-order valence-electron chi connectivity index (χ2n) is 5.03. The Morgan fingerprint density at radius 2 is 1.95 bits per heavy atom. The lowest BCUT2D eigenvalue weighted by molar-refractivity contribution is -0.122. The molecular weight excluding hydrogens is 328 g/mol. The summed E-state index contributed by atoms with van der Waals surface area (Å²) in [5, 5.41) is 2.84. The number of carbonyl (C=O) groups is 1. The van der Waals surface area contributed by atoms with Gasteiger partial charge in [-0.1, -0.05) is 11.6 Å². The van der Waals surface area contributed by atoms with E-state index < -0.39 is 22.0 Å². The van der Waals surface area contributed by atoms with Crippen LogP contribution in [0.5, 0.6) is 5.75 Å². The zero-order valence-corrected chi connectivity index (χ0v) is 14.6. The van der Waals surface area contributed by atoms with Gasteiger partial charge in [0.25, 0.3) is 0 Å². The smallest absolute Gasteiger partial charge is 0.241 e. The molecule has 1 amide bonds. The molecule has 0 saturated carbocycles. The van der Waals surface area contributed by atoms with Crippen LogP contribution in [0.4, 0.5) is 0 Å². The monoisotopic (exact) mass is 348 g/mol. The van der Waals surface area contributed by atoms with E-state index in [1.807, 2.05) is 0 Å². The maximum absolute atomic E-state index is 12.3. The molecule has 0 aliphatic rings. The number of ether oxygens (including phenoxy) is 1. The Labute approximate surface area is 136 Å². The van der Waals surface area contributed by atoms with Crippen molar-refractivity contribution >= 4 is 27.5 Å². The van der Waals surface area contributed by atoms with Crippen LogP contribution in [0.15, 0.2) is 23.1 Å². The molecule has 1 atom stereocenters. The van der Waals surface area contributed by atoms with Crippen molar-refractivity contribution in [3.63, 3.8) is 0 Å². The number of hydrogen-bond acceptors (Lipinski definition) is 4. The topological polar surface area (TPSA) is 84.5 Å². The standard InChI is InChI=1S/C14H21ClN2O4S/c1-5-21-13-7-6-11(8-12(13)15)22(19,20)17-10(4)14(18)16-9(2)3/h6-10,17H,5H2,1-4H3,(H,16,18)/t10-/m0/s1. The Kier molecular flexibility index (Phi) is 6.65. The van der Waals surface area contributed by atoms with Crippen LogP contribution in [0.25, 0.3) is 0 Å². The first-order valence-electron chi connectivity index (χ1n) is 6.92. The number of nitrogens with one attached hydrogen (secondary N) is 2. The summed E-state index contributed by atoms with van der Waals surface area (Å²) in [6.07, 6.45) is 0. The molecule has 0 spiro atoms. The fraction of sp³-hybridized carbons (Fsp3) is 0.500. The molecule has 0 radical (unpaired) electrons. The fourth-order valence-electron chi connectivity index (χ4n) is 1.69. The first-order valence-corrected chi connectivity index (χ1v) is 8.78. The van der Waals surface area contributed by atoms with E-state index in [4.69, 9.17) is 16.3 Å². The second kappa shape index (κ2) is 7.80. The highest BCUT2D eigenvalue weighted by Gasteiger charge is 2.23. The van der Waals surface area contributed by atoms with E-state index in [0.717, 1.165) is 0 Å². The van der Waals surface area contributed by atoms with Crippen molar-refractivity contribution in [2.75, 3.05) is 6.61 Å². The van der Waals surface area contributed by atoms with Gasteiger partial charge in [0, 0.05) is 6.04 Å². The average Bonchev–Trinajstić information content (AvgIpc) is 2.39. The molecule has 0 heterocycles. The number of amides is 1. The Morgan fingerprint density at radius 1 is 1.32 bits per heavy atom. The van der Waals surface area contributed by atoms with Gasteiger partial charge >= 0.3 is 0 Å². The van der Waals surface area contributed by atoms with Gasteiger partial charge in [-0.2, -0.15) is 4.72 Å². The first-order chi connectivity index (χ1) is 10.2. The average molecular weight is 349 g/mol. The lowest BCUT2D eigenvalue weighted by Gasteiger charge is -2.16. The van der Waals surface area contributed by atoms with Gasteiger partial charge in [-0.3, -0.25) is 4.79 Å². The van der Waals surface area contributed by atoms with E-state index in [0.29, 0.717) is 12.4 Å². The quantitative estimate of drug-likeness (QED) is 0.788. The minimum atomic E-state index is -3.85. The largest absolute Gasteiger partial charge is 0.492 e. The highest BCUT2D eigenvalue weighted by molar-refractivity contribution is 7.89. The Balaban J connectivity index is 2.90. The Morgan fingerprint density at radius 3 is 2.45 bits per heavy atom. The normalized spacial score (nSPS) is 13.0. The summed E-state index contributed by atoms with van der Waals surface area (Å²) in [4.78, 5) is 11.8. The van der Waals surface area contributed by atoms with Gasteiger partial charge in [-0.05, 0) is 45.9 Å². The van der Waals surface area contributed by atoms with E-state index in [1.54, 1.807) is 20.8 Å². The van der Waals surface area contributed by atoms with Gasteiger partial charge in [0.05, 0.1) is 22.6 Å². The Hall–Kier alpha value is -1.31. The van der Waals surface area contributed by atoms with Crippen molar-refractivity contribution in [1.82, 2.24) is 10.0 Å². The Bertz CT molecular complexity index is 632. The van der Waals surface area contributed by atoms with Crippen LogP contribution in [0, 0.1) is 0 Å². The van der Waals surface area contributed by atoms with Crippen LogP contribution in [0.2, 0.25) is 5.02 Å². The highest BCUT2D eigenvalue weighted by Crippen LogP contribution is 2.27. The van der Waals surface area contributed by atoms with Crippen molar-refractivity contribution in [1.29, 1.82) is 0 Å². The van der Waals surface area contributed by atoms with E-state index >= 15 is 0 Å². The minimum absolute atomic E-state index is 0.0230. The SMILES string of the molecule is CCOc1ccc(S(=O)(=O)N[C@@H](C)C(=O)NC(C)C)cc1Cl. The lowest BCUT2D eigenvalue weighted by atomic mass is 10.3. The molecule has 6 nitrogen and oxygen atoms in total. The number of carbonyl (C=O) groups excluding carboxylic acids is 1. The summed E-state index contributed by atoms with van der Waals surface area (Å²) in [7, 11) is -3.85. The lowest BCUT2D eigenvalue weighted by Crippen LogP contribution is -2.46. The third kappa shape index (κ3) is 5.15. The molecule has 124 valence electrons. The van der Waals surface area contributed by atoms with Crippen LogP contribution >= 0.6 is 11.6 Å². The molecule has 22 heavy (non-hydrogen) atoms. The van der Waals surface area contributed by atoms with Crippen molar-refractivity contribution in [2.45, 2.75) is 44.7 Å². The van der Waals surface area contributed by atoms with Gasteiger partial charge in [0.1, 0.15) is 5.75 Å². The molecule has 1 aromatic carbocycles. The molecule has 1 aromatic rings. The maximum Gasteiger partial charge on any atom is 0.241 e. The van der Waals surface area contributed by atoms with Crippen LogP contribution < -0.4 is 14.8 Å². The molecule has 0 aromatic heterocycles. The van der Waals surface area contributed by atoms with Crippen LogP contribution in [-0.2, 0) is 14.8 Å². The van der Waals surface area contributed by atoms with Crippen molar-refractivity contribution in [3.05, 3.63) is 23.2 Å². The summed E-state index contributed by atoms with van der Waals surface area (Å²) < 4.78 is 32.1. The first kappa shape index (κ1) is 18.7. The zero-order valence-electron chi connectivity index (χ0n) is 13.0.